The van der Waals surface area contributed by atoms with E-state index in [-0.39, 0.29) is 5.04 Å². The lowest BCUT2D eigenvalue weighted by Crippen LogP contribution is -2.41. The van der Waals surface area contributed by atoms with E-state index >= 15 is 0 Å². The third kappa shape index (κ3) is 6.91. The Labute approximate surface area is 116 Å². The molecule has 0 aliphatic rings. The Morgan fingerprint density at radius 2 is 1.44 bits per heavy atom. The predicted octanol–water partition coefficient (Wildman–Crippen LogP) is 4.85. The van der Waals surface area contributed by atoms with Crippen LogP contribution in [0.15, 0.2) is 0 Å². The molecule has 0 fully saturated rings. The second-order valence-corrected chi connectivity index (χ2v) is 12.3. The van der Waals surface area contributed by atoms with Crippen LogP contribution in [-0.2, 0) is 9.16 Å². The van der Waals surface area contributed by atoms with Gasteiger partial charge in [-0.25, -0.2) is 0 Å². The Bertz CT molecular complexity index is 229. The van der Waals surface area contributed by atoms with Gasteiger partial charge < -0.3 is 9.16 Å². The molecular weight excluding hydrogens is 240 g/mol. The van der Waals surface area contributed by atoms with Crippen LogP contribution in [0.4, 0.5) is 0 Å². The first-order valence-corrected chi connectivity index (χ1v) is 10.1. The van der Waals surface area contributed by atoms with E-state index in [9.17, 15) is 0 Å². The lowest BCUT2D eigenvalue weighted by molar-refractivity contribution is 0.0745. The van der Waals surface area contributed by atoms with Gasteiger partial charge in [-0.3, -0.25) is 0 Å². The van der Waals surface area contributed by atoms with E-state index in [1.807, 2.05) is 0 Å². The van der Waals surface area contributed by atoms with Crippen molar-refractivity contribution in [2.75, 3.05) is 19.8 Å². The lowest BCUT2D eigenvalue weighted by atomic mass is 9.87. The molecule has 0 amide bonds. The van der Waals surface area contributed by atoms with Crippen molar-refractivity contribution in [1.82, 2.24) is 0 Å². The molecule has 110 valence electrons. The van der Waals surface area contributed by atoms with Gasteiger partial charge in [-0.2, -0.15) is 0 Å². The molecule has 0 bridgehead atoms. The SMILES string of the molecule is CCC(C)(C)CCOCCO[Si](C)(C)C(C)(C)C. The van der Waals surface area contributed by atoms with Gasteiger partial charge in [0, 0.05) is 6.61 Å². The first-order valence-electron chi connectivity index (χ1n) is 7.23. The van der Waals surface area contributed by atoms with Gasteiger partial charge in [0.2, 0.25) is 0 Å². The summed E-state index contributed by atoms with van der Waals surface area (Å²) in [5.74, 6) is 0. The molecule has 2 nitrogen and oxygen atoms in total. The molecule has 0 saturated heterocycles. The minimum Gasteiger partial charge on any atom is -0.414 e. The minimum absolute atomic E-state index is 0.289. The molecule has 0 aliphatic carbocycles. The summed E-state index contributed by atoms with van der Waals surface area (Å²) >= 11 is 0. The smallest absolute Gasteiger partial charge is 0.192 e. The van der Waals surface area contributed by atoms with Crippen LogP contribution in [0, 0.1) is 5.41 Å². The van der Waals surface area contributed by atoms with Crippen molar-refractivity contribution >= 4 is 8.32 Å². The van der Waals surface area contributed by atoms with Crippen molar-refractivity contribution in [3.8, 4) is 0 Å². The van der Waals surface area contributed by atoms with Crippen LogP contribution in [0.1, 0.15) is 54.4 Å². The molecular formula is C15H34O2Si. The minimum atomic E-state index is -1.59. The highest BCUT2D eigenvalue weighted by Gasteiger charge is 2.36. The first kappa shape index (κ1) is 18.1. The molecule has 0 aromatic rings. The average Bonchev–Trinajstić information content (AvgIpc) is 2.21. The Morgan fingerprint density at radius 3 is 1.89 bits per heavy atom. The monoisotopic (exact) mass is 274 g/mol. The van der Waals surface area contributed by atoms with E-state index in [0.717, 1.165) is 26.2 Å². The highest BCUT2D eigenvalue weighted by molar-refractivity contribution is 6.74. The third-order valence-electron chi connectivity index (χ3n) is 4.38. The van der Waals surface area contributed by atoms with Crippen molar-refractivity contribution < 1.29 is 9.16 Å². The zero-order valence-electron chi connectivity index (χ0n) is 13.9. The van der Waals surface area contributed by atoms with E-state index in [1.165, 1.54) is 6.42 Å². The standard InChI is InChI=1S/C15H34O2Si/c1-9-15(5,6)10-11-16-12-13-17-18(7,8)14(2,3)4/h9-13H2,1-8H3. The second kappa shape index (κ2) is 7.06. The van der Waals surface area contributed by atoms with Crippen LogP contribution in [0.5, 0.6) is 0 Å². The summed E-state index contributed by atoms with van der Waals surface area (Å²) in [6.07, 6.45) is 2.33. The van der Waals surface area contributed by atoms with Crippen LogP contribution in [0.3, 0.4) is 0 Å². The van der Waals surface area contributed by atoms with Gasteiger partial charge >= 0.3 is 0 Å². The predicted molar refractivity (Wildman–Crippen MR) is 82.7 cm³/mol. The number of ether oxygens (including phenoxy) is 1. The van der Waals surface area contributed by atoms with Gasteiger partial charge in [0.15, 0.2) is 8.32 Å². The maximum Gasteiger partial charge on any atom is 0.192 e. The summed E-state index contributed by atoms with van der Waals surface area (Å²) in [6.45, 7) is 20.5. The van der Waals surface area contributed by atoms with Gasteiger partial charge in [0.05, 0.1) is 13.2 Å². The summed E-state index contributed by atoms with van der Waals surface area (Å²) in [4.78, 5) is 0. The van der Waals surface area contributed by atoms with Gasteiger partial charge in [-0.05, 0) is 30.0 Å². The molecule has 0 aromatic carbocycles. The number of hydrogen-bond acceptors (Lipinski definition) is 2. The normalized spacial score (nSPS) is 14.0. The Balaban J connectivity index is 3.70. The van der Waals surface area contributed by atoms with Gasteiger partial charge in [0.25, 0.3) is 0 Å². The van der Waals surface area contributed by atoms with E-state index < -0.39 is 8.32 Å². The van der Waals surface area contributed by atoms with Crippen molar-refractivity contribution in [1.29, 1.82) is 0 Å². The summed E-state index contributed by atoms with van der Waals surface area (Å²) in [5.41, 5.74) is 0.403. The van der Waals surface area contributed by atoms with Gasteiger partial charge in [-0.15, -0.1) is 0 Å². The van der Waals surface area contributed by atoms with Crippen molar-refractivity contribution in [3.63, 3.8) is 0 Å². The zero-order valence-corrected chi connectivity index (χ0v) is 14.9. The molecule has 0 rings (SSSR count). The second-order valence-electron chi connectivity index (χ2n) is 7.49. The van der Waals surface area contributed by atoms with E-state index in [0.29, 0.717) is 5.41 Å². The molecule has 0 aromatic heterocycles. The van der Waals surface area contributed by atoms with Crippen LogP contribution >= 0.6 is 0 Å². The first-order chi connectivity index (χ1) is 8.02. The van der Waals surface area contributed by atoms with E-state index in [4.69, 9.17) is 9.16 Å². The lowest BCUT2D eigenvalue weighted by Gasteiger charge is -2.36. The van der Waals surface area contributed by atoms with Crippen molar-refractivity contribution in [3.05, 3.63) is 0 Å². The topological polar surface area (TPSA) is 18.5 Å². The van der Waals surface area contributed by atoms with Crippen LogP contribution < -0.4 is 0 Å². The molecule has 0 N–H and O–H groups in total. The summed E-state index contributed by atoms with van der Waals surface area (Å²) < 4.78 is 11.7. The molecule has 0 unspecified atom stereocenters. The molecule has 0 radical (unpaired) electrons. The largest absolute Gasteiger partial charge is 0.414 e. The maximum absolute atomic E-state index is 6.07. The Morgan fingerprint density at radius 1 is 0.889 bits per heavy atom. The maximum atomic E-state index is 6.07. The zero-order chi connectivity index (χ0) is 14.4. The quantitative estimate of drug-likeness (QED) is 0.465. The fraction of sp³-hybridized carbons (Fsp3) is 1.00. The molecule has 0 saturated carbocycles. The van der Waals surface area contributed by atoms with Crippen LogP contribution in [-0.4, -0.2) is 28.1 Å². The Hall–Kier alpha value is 0.137. The highest BCUT2D eigenvalue weighted by atomic mass is 28.4. The fourth-order valence-electron chi connectivity index (χ4n) is 1.20. The Kier molecular flexibility index (Phi) is 7.12. The fourth-order valence-corrected chi connectivity index (χ4v) is 2.23. The van der Waals surface area contributed by atoms with E-state index in [1.54, 1.807) is 0 Å². The van der Waals surface area contributed by atoms with Crippen LogP contribution in [0.25, 0.3) is 0 Å². The summed E-state index contributed by atoms with van der Waals surface area (Å²) in [6, 6.07) is 0. The summed E-state index contributed by atoms with van der Waals surface area (Å²) in [7, 11) is -1.59. The number of hydrogen-bond donors (Lipinski definition) is 0. The molecule has 0 heterocycles. The van der Waals surface area contributed by atoms with E-state index in [2.05, 4.69) is 54.6 Å². The molecule has 0 aliphatic heterocycles. The number of rotatable bonds is 8. The third-order valence-corrected chi connectivity index (χ3v) is 8.92. The van der Waals surface area contributed by atoms with Gasteiger partial charge in [-0.1, -0.05) is 48.0 Å². The molecule has 3 heteroatoms. The summed E-state index contributed by atoms with van der Waals surface area (Å²) in [5, 5.41) is 0.289. The molecule has 18 heavy (non-hydrogen) atoms. The molecule has 0 spiro atoms. The van der Waals surface area contributed by atoms with Crippen molar-refractivity contribution in [2.45, 2.75) is 72.5 Å². The molecule has 0 atom stereocenters. The van der Waals surface area contributed by atoms with Crippen LogP contribution in [0.2, 0.25) is 18.1 Å². The van der Waals surface area contributed by atoms with Crippen molar-refractivity contribution in [2.24, 2.45) is 5.41 Å². The van der Waals surface area contributed by atoms with Gasteiger partial charge in [0.1, 0.15) is 0 Å². The average molecular weight is 275 g/mol. The highest BCUT2D eigenvalue weighted by Crippen LogP contribution is 2.36.